The average Bonchev–Trinajstić information content (AvgIpc) is 2.94. The molecule has 2 bridgehead atoms. The minimum atomic E-state index is -4.89. The monoisotopic (exact) mass is 491 g/mol. The standard InChI is InChI=1S/C18H29N5O9S/c1-18(2,3)31-17(27)21-8-4-5-11(9-21)14(24)19-20-15(25)13-7-6-12-10-22(13)16(26)23(12)32-33(28,29)30/h11-13H,4-10H2,1-3H3,(H,19,24)(H,20,25)(H,28,29,30)/t11-,12+,13-/m1/s1. The molecule has 14 nitrogen and oxygen atoms in total. The highest BCUT2D eigenvalue weighted by Gasteiger charge is 2.49. The number of hydrogen-bond donors (Lipinski definition) is 3. The fourth-order valence-electron chi connectivity index (χ4n) is 4.10. The number of urea groups is 1. The summed E-state index contributed by atoms with van der Waals surface area (Å²) >= 11 is 0. The van der Waals surface area contributed by atoms with Crippen LogP contribution in [0.25, 0.3) is 0 Å². The number of likely N-dealkylation sites (tertiary alicyclic amines) is 1. The Balaban J connectivity index is 1.52. The molecule has 0 saturated carbocycles. The van der Waals surface area contributed by atoms with Gasteiger partial charge in [-0.15, -0.1) is 4.28 Å². The first-order valence-electron chi connectivity index (χ1n) is 10.6. The molecular weight excluding hydrogens is 462 g/mol. The van der Waals surface area contributed by atoms with E-state index in [4.69, 9.17) is 9.29 Å². The van der Waals surface area contributed by atoms with Gasteiger partial charge < -0.3 is 14.5 Å². The molecule has 3 heterocycles. The van der Waals surface area contributed by atoms with Crippen LogP contribution in [0.3, 0.4) is 0 Å². The van der Waals surface area contributed by atoms with Gasteiger partial charge in [0, 0.05) is 19.6 Å². The van der Waals surface area contributed by atoms with Crippen molar-refractivity contribution in [2.75, 3.05) is 19.6 Å². The molecule has 3 saturated heterocycles. The normalized spacial score (nSPS) is 25.6. The molecule has 0 unspecified atom stereocenters. The number of amides is 5. The number of carbonyl (C=O) groups is 4. The quantitative estimate of drug-likeness (QED) is 0.355. The van der Waals surface area contributed by atoms with Crippen LogP contribution in [0.5, 0.6) is 0 Å². The molecule has 33 heavy (non-hydrogen) atoms. The summed E-state index contributed by atoms with van der Waals surface area (Å²) in [6.07, 6.45) is 1.08. The summed E-state index contributed by atoms with van der Waals surface area (Å²) in [5.74, 6) is -1.67. The summed E-state index contributed by atoms with van der Waals surface area (Å²) in [5, 5.41) is 0.536. The Hall–Kier alpha value is -2.65. The summed E-state index contributed by atoms with van der Waals surface area (Å²) in [5.41, 5.74) is 3.99. The van der Waals surface area contributed by atoms with Gasteiger partial charge >= 0.3 is 22.5 Å². The summed E-state index contributed by atoms with van der Waals surface area (Å²) < 4.78 is 40.4. The SMILES string of the molecule is CC(C)(C)OC(=O)N1CCC[C@@H](C(=O)NNC(=O)[C@H]2CC[C@H]3CN2C(=O)N3OS(=O)(=O)O)C1. The molecule has 0 aromatic carbocycles. The zero-order valence-electron chi connectivity index (χ0n) is 18.6. The lowest BCUT2D eigenvalue weighted by molar-refractivity contribution is -0.134. The lowest BCUT2D eigenvalue weighted by Crippen LogP contribution is -2.56. The highest BCUT2D eigenvalue weighted by atomic mass is 32.3. The molecule has 5 amide bonds. The van der Waals surface area contributed by atoms with Gasteiger partial charge in [0.2, 0.25) is 5.91 Å². The maximum Gasteiger partial charge on any atom is 0.418 e. The number of piperidine rings is 2. The van der Waals surface area contributed by atoms with Crippen molar-refractivity contribution >= 4 is 34.3 Å². The summed E-state index contributed by atoms with van der Waals surface area (Å²) in [4.78, 5) is 52.4. The first kappa shape index (κ1) is 25.0. The molecule has 3 fully saturated rings. The number of fused-ring (bicyclic) bond motifs is 2. The molecule has 3 aliphatic rings. The third-order valence-electron chi connectivity index (χ3n) is 5.55. The van der Waals surface area contributed by atoms with Crippen LogP contribution in [-0.2, 0) is 29.0 Å². The Labute approximate surface area is 191 Å². The number of hydrogen-bond acceptors (Lipinski definition) is 8. The van der Waals surface area contributed by atoms with Crippen molar-refractivity contribution in [3.63, 3.8) is 0 Å². The highest BCUT2D eigenvalue weighted by Crippen LogP contribution is 2.30. The largest absolute Gasteiger partial charge is 0.444 e. The Morgan fingerprint density at radius 2 is 1.73 bits per heavy atom. The van der Waals surface area contributed by atoms with Gasteiger partial charge in [-0.1, -0.05) is 0 Å². The Morgan fingerprint density at radius 1 is 1.06 bits per heavy atom. The van der Waals surface area contributed by atoms with E-state index in [0.717, 1.165) is 4.90 Å². The molecule has 0 aromatic rings. The second-order valence-corrected chi connectivity index (χ2v) is 10.3. The van der Waals surface area contributed by atoms with E-state index in [-0.39, 0.29) is 25.9 Å². The van der Waals surface area contributed by atoms with Gasteiger partial charge in [0.15, 0.2) is 0 Å². The smallest absolute Gasteiger partial charge is 0.418 e. The maximum absolute atomic E-state index is 12.6. The molecule has 15 heteroatoms. The third kappa shape index (κ3) is 6.23. The van der Waals surface area contributed by atoms with Gasteiger partial charge in [0.25, 0.3) is 5.91 Å². The van der Waals surface area contributed by atoms with Crippen LogP contribution in [0, 0.1) is 5.92 Å². The fraction of sp³-hybridized carbons (Fsp3) is 0.778. The number of ether oxygens (including phenoxy) is 1. The van der Waals surface area contributed by atoms with Gasteiger partial charge in [-0.25, -0.2) is 9.59 Å². The number of nitrogens with zero attached hydrogens (tertiary/aromatic N) is 3. The van der Waals surface area contributed by atoms with Gasteiger partial charge in [-0.3, -0.25) is 25.0 Å². The molecule has 3 N–H and O–H groups in total. The zero-order chi connectivity index (χ0) is 24.6. The summed E-state index contributed by atoms with van der Waals surface area (Å²) in [6.45, 7) is 5.90. The van der Waals surface area contributed by atoms with E-state index in [9.17, 15) is 27.6 Å². The number of rotatable bonds is 4. The zero-order valence-corrected chi connectivity index (χ0v) is 19.5. The van der Waals surface area contributed by atoms with Crippen LogP contribution in [-0.4, -0.2) is 89.1 Å². The predicted octanol–water partition coefficient (Wildman–Crippen LogP) is -0.216. The van der Waals surface area contributed by atoms with Crippen LogP contribution in [0.15, 0.2) is 0 Å². The number of hydroxylamine groups is 2. The molecule has 0 aliphatic carbocycles. The molecule has 0 spiro atoms. The topological polar surface area (TPSA) is 175 Å². The number of carbonyl (C=O) groups excluding carboxylic acids is 4. The molecule has 0 aromatic heterocycles. The fourth-order valence-corrected chi connectivity index (χ4v) is 4.48. The van der Waals surface area contributed by atoms with E-state index >= 15 is 0 Å². The van der Waals surface area contributed by atoms with Crippen molar-refractivity contribution in [2.45, 2.75) is 64.1 Å². The Kier molecular flexibility index (Phi) is 7.04. The molecule has 0 radical (unpaired) electrons. The van der Waals surface area contributed by atoms with Crippen LogP contribution in [0.2, 0.25) is 0 Å². The van der Waals surface area contributed by atoms with Gasteiger partial charge in [0.05, 0.1) is 12.0 Å². The minimum absolute atomic E-state index is 0.0356. The minimum Gasteiger partial charge on any atom is -0.444 e. The molecular formula is C18H29N5O9S. The van der Waals surface area contributed by atoms with E-state index in [1.165, 1.54) is 4.90 Å². The number of nitrogens with one attached hydrogen (secondary N) is 2. The third-order valence-corrected chi connectivity index (χ3v) is 5.90. The lowest BCUT2D eigenvalue weighted by Gasteiger charge is -2.33. The second kappa shape index (κ2) is 9.30. The molecule has 3 atom stereocenters. The summed E-state index contributed by atoms with van der Waals surface area (Å²) in [6, 6.07) is -2.45. The van der Waals surface area contributed by atoms with Crippen molar-refractivity contribution < 1.29 is 41.2 Å². The first-order chi connectivity index (χ1) is 15.2. The first-order valence-corrected chi connectivity index (χ1v) is 12.0. The molecule has 186 valence electrons. The van der Waals surface area contributed by atoms with E-state index in [1.54, 1.807) is 20.8 Å². The lowest BCUT2D eigenvalue weighted by atomic mass is 9.97. The summed E-state index contributed by atoms with van der Waals surface area (Å²) in [7, 11) is -4.89. The van der Waals surface area contributed by atoms with E-state index in [2.05, 4.69) is 15.1 Å². The van der Waals surface area contributed by atoms with Crippen molar-refractivity contribution in [3.05, 3.63) is 0 Å². The van der Waals surface area contributed by atoms with Gasteiger partial charge in [-0.05, 0) is 46.5 Å². The van der Waals surface area contributed by atoms with Gasteiger partial charge in [-0.2, -0.15) is 13.5 Å². The maximum atomic E-state index is 12.6. The van der Waals surface area contributed by atoms with Crippen molar-refractivity contribution in [1.29, 1.82) is 0 Å². The highest BCUT2D eigenvalue weighted by molar-refractivity contribution is 7.80. The van der Waals surface area contributed by atoms with Crippen molar-refractivity contribution in [1.82, 2.24) is 25.7 Å². The van der Waals surface area contributed by atoms with E-state index in [0.29, 0.717) is 24.4 Å². The van der Waals surface area contributed by atoms with Gasteiger partial charge in [0.1, 0.15) is 11.6 Å². The Bertz CT molecular complexity index is 919. The molecule has 3 rings (SSSR count). The van der Waals surface area contributed by atoms with Crippen molar-refractivity contribution in [2.24, 2.45) is 5.92 Å². The van der Waals surface area contributed by atoms with E-state index in [1.807, 2.05) is 0 Å². The van der Waals surface area contributed by atoms with Crippen LogP contribution in [0.1, 0.15) is 46.5 Å². The predicted molar refractivity (Wildman–Crippen MR) is 110 cm³/mol. The van der Waals surface area contributed by atoms with E-state index < -0.39 is 57.9 Å². The van der Waals surface area contributed by atoms with Crippen molar-refractivity contribution in [3.8, 4) is 0 Å². The Morgan fingerprint density at radius 3 is 2.36 bits per heavy atom. The second-order valence-electron chi connectivity index (χ2n) is 9.25. The van der Waals surface area contributed by atoms with Crippen LogP contribution < -0.4 is 10.9 Å². The average molecular weight is 492 g/mol. The van der Waals surface area contributed by atoms with Crippen LogP contribution in [0.4, 0.5) is 9.59 Å². The number of hydrazine groups is 1. The molecule has 3 aliphatic heterocycles. The van der Waals surface area contributed by atoms with Crippen LogP contribution >= 0.6 is 0 Å².